The van der Waals surface area contributed by atoms with Crippen LogP contribution in [-0.4, -0.2) is 71.8 Å². The normalized spacial score (nSPS) is 16.4. The van der Waals surface area contributed by atoms with Gasteiger partial charge in [0.25, 0.3) is 10.0 Å². The molecular formula is C32H36F3N5O6S2. The molecule has 0 unspecified atom stereocenters. The lowest BCUT2D eigenvalue weighted by Crippen LogP contribution is -2.47. The molecule has 0 saturated carbocycles. The van der Waals surface area contributed by atoms with Crippen LogP contribution in [0.4, 0.5) is 23.9 Å². The number of nitrogens with zero attached hydrogens (tertiary/aromatic N) is 4. The van der Waals surface area contributed by atoms with Crippen molar-refractivity contribution in [1.82, 2.24) is 18.8 Å². The van der Waals surface area contributed by atoms with Crippen molar-refractivity contribution >= 4 is 42.8 Å². The molecule has 16 heteroatoms. The molecule has 1 aliphatic heterocycles. The summed E-state index contributed by atoms with van der Waals surface area (Å²) in [5, 5.41) is 2.21. The van der Waals surface area contributed by atoms with Crippen LogP contribution in [0, 0.1) is 0 Å². The predicted octanol–water partition coefficient (Wildman–Crippen LogP) is 6.35. The number of sulfone groups is 1. The van der Waals surface area contributed by atoms with Crippen LogP contribution in [0.25, 0.3) is 22.2 Å². The summed E-state index contributed by atoms with van der Waals surface area (Å²) in [5.41, 5.74) is -2.88. The van der Waals surface area contributed by atoms with E-state index >= 15 is 0 Å². The molecule has 4 aromatic rings. The zero-order valence-corrected chi connectivity index (χ0v) is 28.6. The molecule has 258 valence electrons. The Balaban J connectivity index is 1.64. The quantitative estimate of drug-likeness (QED) is 0.233. The highest BCUT2D eigenvalue weighted by atomic mass is 32.2. The van der Waals surface area contributed by atoms with Gasteiger partial charge >= 0.3 is 12.3 Å². The number of rotatable bonds is 7. The fraction of sp³-hybridized carbons (Fsp3) is 0.406. The molecular weight excluding hydrogens is 672 g/mol. The highest BCUT2D eigenvalue weighted by Gasteiger charge is 2.37. The number of carbonyl (C=O) groups is 1. The molecule has 1 aliphatic rings. The van der Waals surface area contributed by atoms with Crippen LogP contribution in [0.5, 0.6) is 0 Å². The summed E-state index contributed by atoms with van der Waals surface area (Å²) in [7, 11) is -8.30. The molecule has 3 heterocycles. The first-order chi connectivity index (χ1) is 22.3. The topological polar surface area (TPSA) is 141 Å². The molecule has 0 radical (unpaired) electrons. The molecule has 2 aromatic carbocycles. The van der Waals surface area contributed by atoms with E-state index < -0.39 is 60.3 Å². The number of nitrogens with one attached hydrogen (secondary N) is 1. The smallest absolute Gasteiger partial charge is 0.419 e. The van der Waals surface area contributed by atoms with Crippen molar-refractivity contribution in [3.05, 3.63) is 66.5 Å². The molecule has 1 saturated heterocycles. The van der Waals surface area contributed by atoms with E-state index in [0.717, 1.165) is 16.2 Å². The Kier molecular flexibility index (Phi) is 9.29. The number of benzene rings is 2. The van der Waals surface area contributed by atoms with Crippen molar-refractivity contribution < 1.29 is 39.5 Å². The second-order valence-electron chi connectivity index (χ2n) is 12.8. The lowest BCUT2D eigenvalue weighted by atomic mass is 10.1. The van der Waals surface area contributed by atoms with Crippen LogP contribution in [0.15, 0.2) is 70.7 Å². The van der Waals surface area contributed by atoms with Gasteiger partial charge in [-0.25, -0.2) is 35.6 Å². The number of hydrogen-bond acceptors (Lipinski definition) is 9. The van der Waals surface area contributed by atoms with E-state index in [9.17, 15) is 34.8 Å². The SMILES string of the molecule is CC(C)S(=O)(=O)c1ccc2c(-c3nc(N[C@H]4CCCN(C(=O)OC(C)(C)C)C4)ncc3C(F)(F)F)cn(S(=O)(=O)c3ccccc3)c2c1. The Morgan fingerprint density at radius 2 is 1.71 bits per heavy atom. The minimum absolute atomic E-state index is 0.0288. The number of piperidine rings is 1. The summed E-state index contributed by atoms with van der Waals surface area (Å²) in [6.07, 6.45) is -2.65. The number of anilines is 1. The zero-order chi connectivity index (χ0) is 35.2. The molecule has 0 bridgehead atoms. The van der Waals surface area contributed by atoms with E-state index in [1.54, 1.807) is 26.8 Å². The summed E-state index contributed by atoms with van der Waals surface area (Å²) in [6.45, 7) is 8.80. The standard InChI is InChI=1S/C32H36F3N5O6S2/c1-20(2)47(42,43)23-13-14-24-25(19-40(27(24)16-23)48(44,45)22-11-7-6-8-12-22)28-26(32(33,34)35)17-36-29(38-28)37-21-10-9-15-39(18-21)30(41)46-31(3,4)5/h6-8,11-14,16-17,19-21H,9-10,15,18H2,1-5H3,(H,36,37,38)/t21-/m0/s1. The van der Waals surface area contributed by atoms with Gasteiger partial charge in [-0.15, -0.1) is 0 Å². The zero-order valence-electron chi connectivity index (χ0n) is 26.9. The highest BCUT2D eigenvalue weighted by molar-refractivity contribution is 7.92. The second-order valence-corrected chi connectivity index (χ2v) is 17.1. The van der Waals surface area contributed by atoms with Crippen LogP contribution in [0.3, 0.4) is 0 Å². The highest BCUT2D eigenvalue weighted by Crippen LogP contribution is 2.41. The number of aromatic nitrogens is 3. The largest absolute Gasteiger partial charge is 0.444 e. The number of fused-ring (bicyclic) bond motifs is 1. The molecule has 2 aromatic heterocycles. The van der Waals surface area contributed by atoms with Crippen molar-refractivity contribution in [2.24, 2.45) is 0 Å². The molecule has 1 atom stereocenters. The Bertz CT molecular complexity index is 2060. The minimum Gasteiger partial charge on any atom is -0.444 e. The maximum atomic E-state index is 14.5. The minimum atomic E-state index is -4.93. The number of hydrogen-bond donors (Lipinski definition) is 1. The lowest BCUT2D eigenvalue weighted by Gasteiger charge is -2.34. The van der Waals surface area contributed by atoms with Crippen molar-refractivity contribution in [1.29, 1.82) is 0 Å². The molecule has 0 aliphatic carbocycles. The molecule has 1 amide bonds. The number of halogens is 3. The van der Waals surface area contributed by atoms with Crippen molar-refractivity contribution in [3.8, 4) is 11.3 Å². The third kappa shape index (κ3) is 7.14. The van der Waals surface area contributed by atoms with E-state index in [1.807, 2.05) is 0 Å². The number of alkyl halides is 3. The van der Waals surface area contributed by atoms with Gasteiger partial charge in [-0.2, -0.15) is 13.2 Å². The fourth-order valence-electron chi connectivity index (χ4n) is 5.35. The Morgan fingerprint density at radius 3 is 2.33 bits per heavy atom. The summed E-state index contributed by atoms with van der Waals surface area (Å²) in [5.74, 6) is -0.167. The van der Waals surface area contributed by atoms with Gasteiger partial charge in [0.1, 0.15) is 11.2 Å². The van der Waals surface area contributed by atoms with Crippen molar-refractivity contribution in [2.45, 2.75) is 80.3 Å². The van der Waals surface area contributed by atoms with Crippen molar-refractivity contribution in [2.75, 3.05) is 18.4 Å². The van der Waals surface area contributed by atoms with E-state index in [0.29, 0.717) is 25.6 Å². The van der Waals surface area contributed by atoms with Gasteiger partial charge in [-0.05, 0) is 71.7 Å². The van der Waals surface area contributed by atoms with Gasteiger partial charge in [0.2, 0.25) is 5.95 Å². The lowest BCUT2D eigenvalue weighted by molar-refractivity contribution is -0.137. The van der Waals surface area contributed by atoms with Crippen LogP contribution >= 0.6 is 0 Å². The maximum Gasteiger partial charge on any atom is 0.419 e. The Labute approximate surface area is 277 Å². The Hall–Kier alpha value is -4.18. The van der Waals surface area contributed by atoms with E-state index in [1.165, 1.54) is 55.1 Å². The molecule has 48 heavy (non-hydrogen) atoms. The van der Waals surface area contributed by atoms with Crippen LogP contribution in [0.1, 0.15) is 53.0 Å². The van der Waals surface area contributed by atoms with Gasteiger partial charge in [0.15, 0.2) is 9.84 Å². The van der Waals surface area contributed by atoms with Crippen LogP contribution < -0.4 is 5.32 Å². The molecule has 1 N–H and O–H groups in total. The first-order valence-corrected chi connectivity index (χ1v) is 18.2. The third-order valence-electron chi connectivity index (χ3n) is 7.75. The van der Waals surface area contributed by atoms with Crippen molar-refractivity contribution in [3.63, 3.8) is 0 Å². The summed E-state index contributed by atoms with van der Waals surface area (Å²) < 4.78 is 103. The Morgan fingerprint density at radius 1 is 1.02 bits per heavy atom. The van der Waals surface area contributed by atoms with Gasteiger partial charge < -0.3 is 15.0 Å². The van der Waals surface area contributed by atoms with E-state index in [2.05, 4.69) is 15.3 Å². The summed E-state index contributed by atoms with van der Waals surface area (Å²) in [6, 6.07) is 10.5. The first kappa shape index (κ1) is 35.1. The third-order valence-corrected chi connectivity index (χ3v) is 11.6. The summed E-state index contributed by atoms with van der Waals surface area (Å²) in [4.78, 5) is 22.0. The molecule has 11 nitrogen and oxygen atoms in total. The maximum absolute atomic E-state index is 14.5. The number of likely N-dealkylation sites (tertiary alicyclic amines) is 1. The number of amides is 1. The fourth-order valence-corrected chi connectivity index (χ4v) is 7.81. The summed E-state index contributed by atoms with van der Waals surface area (Å²) >= 11 is 0. The monoisotopic (exact) mass is 707 g/mol. The molecule has 1 fully saturated rings. The van der Waals surface area contributed by atoms with Crippen LogP contribution in [-0.2, 0) is 30.8 Å². The molecule has 5 rings (SSSR count). The molecule has 0 spiro atoms. The number of carbonyl (C=O) groups excluding carboxylic acids is 1. The van der Waals surface area contributed by atoms with Gasteiger partial charge in [0, 0.05) is 42.5 Å². The van der Waals surface area contributed by atoms with Gasteiger partial charge in [-0.1, -0.05) is 24.3 Å². The average Bonchev–Trinajstić information content (AvgIpc) is 3.40. The van der Waals surface area contributed by atoms with E-state index in [-0.39, 0.29) is 38.8 Å². The first-order valence-electron chi connectivity index (χ1n) is 15.2. The van der Waals surface area contributed by atoms with Gasteiger partial charge in [0.05, 0.1) is 26.3 Å². The van der Waals surface area contributed by atoms with E-state index in [4.69, 9.17) is 4.74 Å². The van der Waals surface area contributed by atoms with Gasteiger partial charge in [-0.3, -0.25) is 0 Å². The predicted molar refractivity (Wildman–Crippen MR) is 174 cm³/mol. The number of ether oxygens (including phenoxy) is 1. The average molecular weight is 708 g/mol. The van der Waals surface area contributed by atoms with Crippen LogP contribution in [0.2, 0.25) is 0 Å². The second kappa shape index (κ2) is 12.7.